The molecule has 0 unspecified atom stereocenters. The monoisotopic (exact) mass is 394 g/mol. The van der Waals surface area contributed by atoms with Crippen molar-refractivity contribution in [3.05, 3.63) is 65.2 Å². The Kier molecular flexibility index (Phi) is 7.04. The number of aryl methyl sites for hydroxylation is 1. The molecule has 0 aliphatic carbocycles. The quantitative estimate of drug-likeness (QED) is 0.708. The first-order valence-electron chi connectivity index (χ1n) is 10.5. The number of piperazine rings is 1. The summed E-state index contributed by atoms with van der Waals surface area (Å²) in [5.74, 6) is 0.208. The number of Topliss-reactive ketones (excluding diaryl/α,β-unsaturated/α-hetero) is 1. The Morgan fingerprint density at radius 3 is 2.21 bits per heavy atom. The predicted molar refractivity (Wildman–Crippen MR) is 117 cm³/mol. The van der Waals surface area contributed by atoms with Gasteiger partial charge in [-0.15, -0.1) is 0 Å². The lowest BCUT2D eigenvalue weighted by Gasteiger charge is -2.33. The Bertz CT molecular complexity index is 822. The first-order valence-corrected chi connectivity index (χ1v) is 10.5. The van der Waals surface area contributed by atoms with E-state index in [1.54, 1.807) is 6.92 Å². The minimum Gasteiger partial charge on any atom is -0.360 e. The molecule has 0 aromatic heterocycles. The number of ketones is 1. The molecule has 0 radical (unpaired) electrons. The summed E-state index contributed by atoms with van der Waals surface area (Å²) in [5, 5.41) is 3.20. The zero-order valence-corrected chi connectivity index (χ0v) is 17.7. The van der Waals surface area contributed by atoms with E-state index in [0.717, 1.165) is 43.9 Å². The summed E-state index contributed by atoms with van der Waals surface area (Å²) >= 11 is 0. The lowest BCUT2D eigenvalue weighted by molar-refractivity contribution is -0.892. The van der Waals surface area contributed by atoms with Gasteiger partial charge in [0.15, 0.2) is 12.3 Å². The Morgan fingerprint density at radius 2 is 1.66 bits per heavy atom. The summed E-state index contributed by atoms with van der Waals surface area (Å²) < 4.78 is 0. The Morgan fingerprint density at radius 1 is 1.03 bits per heavy atom. The van der Waals surface area contributed by atoms with Crippen LogP contribution < -0.4 is 15.1 Å². The number of carbonyl (C=O) groups excluding carboxylic acids is 2. The van der Waals surface area contributed by atoms with Gasteiger partial charge in [0.2, 0.25) is 0 Å². The van der Waals surface area contributed by atoms with Crippen LogP contribution in [0.15, 0.2) is 48.5 Å². The maximum atomic E-state index is 12.6. The van der Waals surface area contributed by atoms with E-state index < -0.39 is 0 Å². The molecule has 5 heteroatoms. The van der Waals surface area contributed by atoms with Crippen LogP contribution in [0.2, 0.25) is 0 Å². The van der Waals surface area contributed by atoms with E-state index in [9.17, 15) is 9.59 Å². The third-order valence-electron chi connectivity index (χ3n) is 5.74. The van der Waals surface area contributed by atoms with Gasteiger partial charge in [0.05, 0.1) is 32.2 Å². The van der Waals surface area contributed by atoms with Gasteiger partial charge in [-0.05, 0) is 50.1 Å². The normalized spacial score (nSPS) is 15.8. The van der Waals surface area contributed by atoms with Crippen molar-refractivity contribution in [2.75, 3.05) is 37.6 Å². The van der Waals surface area contributed by atoms with Crippen molar-refractivity contribution in [2.24, 2.45) is 0 Å². The van der Waals surface area contributed by atoms with Crippen molar-refractivity contribution in [2.45, 2.75) is 33.2 Å². The van der Waals surface area contributed by atoms with E-state index in [1.165, 1.54) is 16.0 Å². The van der Waals surface area contributed by atoms with Gasteiger partial charge >= 0.3 is 0 Å². The van der Waals surface area contributed by atoms with Crippen molar-refractivity contribution in [3.8, 4) is 0 Å². The van der Waals surface area contributed by atoms with Gasteiger partial charge < -0.3 is 15.1 Å². The van der Waals surface area contributed by atoms with E-state index in [-0.39, 0.29) is 17.7 Å². The molecule has 0 bridgehead atoms. The molecule has 0 spiro atoms. The van der Waals surface area contributed by atoms with E-state index in [2.05, 4.69) is 48.3 Å². The molecular formula is C24H32N3O2+. The van der Waals surface area contributed by atoms with Gasteiger partial charge in [-0.1, -0.05) is 36.8 Å². The smallest absolute Gasteiger partial charge is 0.275 e. The zero-order valence-electron chi connectivity index (χ0n) is 17.7. The number of nitrogens with one attached hydrogen (secondary N) is 2. The molecule has 2 aromatic rings. The highest BCUT2D eigenvalue weighted by molar-refractivity contribution is 5.94. The minimum absolute atomic E-state index is 0.0728. The van der Waals surface area contributed by atoms with Gasteiger partial charge in [-0.2, -0.15) is 0 Å². The summed E-state index contributed by atoms with van der Waals surface area (Å²) in [6, 6.07) is 16.3. The number of quaternary nitrogens is 1. The number of nitrogens with zero attached hydrogens (tertiary/aromatic N) is 1. The number of hydrogen-bond donors (Lipinski definition) is 2. The molecular weight excluding hydrogens is 362 g/mol. The highest BCUT2D eigenvalue weighted by Crippen LogP contribution is 2.17. The molecule has 1 fully saturated rings. The molecule has 1 heterocycles. The number of carbonyl (C=O) groups is 2. The van der Waals surface area contributed by atoms with Crippen LogP contribution in [0.4, 0.5) is 5.69 Å². The van der Waals surface area contributed by atoms with Crippen LogP contribution in [0.3, 0.4) is 0 Å². The van der Waals surface area contributed by atoms with E-state index >= 15 is 0 Å². The zero-order chi connectivity index (χ0) is 20.8. The van der Waals surface area contributed by atoms with E-state index in [1.807, 2.05) is 24.3 Å². The van der Waals surface area contributed by atoms with Gasteiger partial charge in [-0.25, -0.2) is 0 Å². The molecule has 0 saturated carbocycles. The van der Waals surface area contributed by atoms with Crippen LogP contribution in [0.5, 0.6) is 0 Å². The van der Waals surface area contributed by atoms with Crippen LogP contribution in [-0.4, -0.2) is 44.4 Å². The van der Waals surface area contributed by atoms with Crippen LogP contribution in [0.1, 0.15) is 47.8 Å². The highest BCUT2D eigenvalue weighted by atomic mass is 16.2. The summed E-state index contributed by atoms with van der Waals surface area (Å²) in [5.41, 5.74) is 4.28. The topological polar surface area (TPSA) is 53.9 Å². The van der Waals surface area contributed by atoms with Gasteiger partial charge in [0, 0.05) is 11.3 Å². The fourth-order valence-corrected chi connectivity index (χ4v) is 3.86. The Hall–Kier alpha value is -2.66. The fourth-order valence-electron chi connectivity index (χ4n) is 3.86. The maximum absolute atomic E-state index is 12.6. The van der Waals surface area contributed by atoms with Crippen molar-refractivity contribution in [1.29, 1.82) is 0 Å². The SMILES string of the molecule is CC[C@@H](NC(=O)C[NH+]1CCN(c2ccc(C(C)=O)cc2)CC1)c1ccc(C)cc1. The number of anilines is 1. The number of amides is 1. The first-order chi connectivity index (χ1) is 14.0. The van der Waals surface area contributed by atoms with E-state index in [0.29, 0.717) is 6.54 Å². The maximum Gasteiger partial charge on any atom is 0.275 e. The van der Waals surface area contributed by atoms with Crippen molar-refractivity contribution in [3.63, 3.8) is 0 Å². The summed E-state index contributed by atoms with van der Waals surface area (Å²) in [6.45, 7) is 9.97. The van der Waals surface area contributed by atoms with Gasteiger partial charge in [0.25, 0.3) is 5.91 Å². The van der Waals surface area contributed by atoms with Gasteiger partial charge in [0.1, 0.15) is 0 Å². The fraction of sp³-hybridized carbons (Fsp3) is 0.417. The number of benzene rings is 2. The molecule has 3 rings (SSSR count). The standard InChI is InChI=1S/C24H31N3O2/c1-4-23(21-7-5-18(2)6-8-21)25-24(29)17-26-13-15-27(16-14-26)22-11-9-20(10-12-22)19(3)28/h5-12,23H,4,13-17H2,1-3H3,(H,25,29)/p+1/t23-/m1/s1. The van der Waals surface area contributed by atoms with Crippen LogP contribution in [-0.2, 0) is 4.79 Å². The molecule has 5 nitrogen and oxygen atoms in total. The summed E-state index contributed by atoms with van der Waals surface area (Å²) in [6.07, 6.45) is 0.883. The highest BCUT2D eigenvalue weighted by Gasteiger charge is 2.23. The second-order valence-electron chi connectivity index (χ2n) is 7.96. The van der Waals surface area contributed by atoms with E-state index in [4.69, 9.17) is 0 Å². The minimum atomic E-state index is 0.0728. The average molecular weight is 395 g/mol. The molecule has 2 N–H and O–H groups in total. The lowest BCUT2D eigenvalue weighted by Crippen LogP contribution is -3.16. The van der Waals surface area contributed by atoms with Crippen molar-refractivity contribution < 1.29 is 14.5 Å². The van der Waals surface area contributed by atoms with Crippen LogP contribution >= 0.6 is 0 Å². The lowest BCUT2D eigenvalue weighted by atomic mass is 10.0. The van der Waals surface area contributed by atoms with Crippen LogP contribution in [0, 0.1) is 6.92 Å². The third-order valence-corrected chi connectivity index (χ3v) is 5.74. The molecule has 2 aromatic carbocycles. The first kappa shape index (κ1) is 21.1. The summed E-state index contributed by atoms with van der Waals surface area (Å²) in [7, 11) is 0. The Balaban J connectivity index is 1.48. The number of hydrogen-bond acceptors (Lipinski definition) is 3. The largest absolute Gasteiger partial charge is 0.360 e. The molecule has 1 aliphatic heterocycles. The predicted octanol–water partition coefficient (Wildman–Crippen LogP) is 2.17. The van der Waals surface area contributed by atoms with Crippen molar-refractivity contribution >= 4 is 17.4 Å². The molecule has 1 aliphatic rings. The molecule has 29 heavy (non-hydrogen) atoms. The third kappa shape index (κ3) is 5.67. The summed E-state index contributed by atoms with van der Waals surface area (Å²) in [4.78, 5) is 27.7. The van der Waals surface area contributed by atoms with Crippen LogP contribution in [0.25, 0.3) is 0 Å². The van der Waals surface area contributed by atoms with Crippen molar-refractivity contribution in [1.82, 2.24) is 5.32 Å². The second-order valence-corrected chi connectivity index (χ2v) is 7.96. The number of rotatable bonds is 7. The molecule has 1 saturated heterocycles. The molecule has 154 valence electrons. The Labute approximate surface area is 173 Å². The van der Waals surface area contributed by atoms with Gasteiger partial charge in [-0.3, -0.25) is 9.59 Å². The molecule has 1 atom stereocenters. The molecule has 1 amide bonds. The second kappa shape index (κ2) is 9.70. The average Bonchev–Trinajstić information content (AvgIpc) is 2.73.